The molecule has 1 rings (SSSR count). The molecule has 94 valence electrons. The van der Waals surface area contributed by atoms with Gasteiger partial charge in [0.05, 0.1) is 13.1 Å². The van der Waals surface area contributed by atoms with Crippen LogP contribution in [0.1, 0.15) is 12.6 Å². The van der Waals surface area contributed by atoms with Gasteiger partial charge in [-0.25, -0.2) is 4.99 Å². The zero-order valence-electron chi connectivity index (χ0n) is 10.1. The average molecular weight is 301 g/mol. The van der Waals surface area contributed by atoms with Crippen molar-refractivity contribution in [3.05, 3.63) is 29.1 Å². The van der Waals surface area contributed by atoms with Gasteiger partial charge in [-0.3, -0.25) is 0 Å². The first-order chi connectivity index (χ1) is 8.13. The van der Waals surface area contributed by atoms with Crippen molar-refractivity contribution in [2.45, 2.75) is 13.5 Å². The number of guanidine groups is 1. The highest BCUT2D eigenvalue weighted by Crippen LogP contribution is 2.03. The van der Waals surface area contributed by atoms with Gasteiger partial charge in [0.25, 0.3) is 0 Å². The van der Waals surface area contributed by atoms with Gasteiger partial charge in [-0.15, -0.1) is 0 Å². The van der Waals surface area contributed by atoms with E-state index in [1.54, 1.807) is 6.26 Å². The first-order valence-corrected chi connectivity index (χ1v) is 6.14. The van der Waals surface area contributed by atoms with E-state index in [-0.39, 0.29) is 0 Å². The number of hydrogen-bond donors (Lipinski definition) is 1. The Bertz CT molecular complexity index is 375. The van der Waals surface area contributed by atoms with Crippen LogP contribution in [-0.2, 0) is 6.54 Å². The van der Waals surface area contributed by atoms with Gasteiger partial charge < -0.3 is 14.7 Å². The average Bonchev–Trinajstić information content (AvgIpc) is 2.76. The van der Waals surface area contributed by atoms with Gasteiger partial charge in [0.2, 0.25) is 0 Å². The number of halogens is 1. The van der Waals surface area contributed by atoms with E-state index in [9.17, 15) is 0 Å². The molecular formula is C11H17BrN4O. The summed E-state index contributed by atoms with van der Waals surface area (Å²) in [5.74, 6) is 0.816. The van der Waals surface area contributed by atoms with Crippen LogP contribution >= 0.6 is 15.9 Å². The quantitative estimate of drug-likeness (QED) is 0.667. The molecule has 0 saturated carbocycles. The lowest BCUT2D eigenvalue weighted by Gasteiger charge is -2.20. The van der Waals surface area contributed by atoms with E-state index in [1.165, 1.54) is 0 Å². The summed E-state index contributed by atoms with van der Waals surface area (Å²) in [4.78, 5) is 6.40. The summed E-state index contributed by atoms with van der Waals surface area (Å²) >= 11 is 3.29. The molecule has 17 heavy (non-hydrogen) atoms. The van der Waals surface area contributed by atoms with Crippen LogP contribution in [0.4, 0.5) is 0 Å². The standard InChI is InChI=1S/C11H17BrN4O/c1-4-13-11(14-7-9(2)12)16(3)8-10-5-6-17-15-10/h5-6H,2,4,7-8H2,1,3H3,(H,13,14). The second kappa shape index (κ2) is 7.11. The first-order valence-electron chi connectivity index (χ1n) is 5.35. The smallest absolute Gasteiger partial charge is 0.194 e. The molecule has 1 N–H and O–H groups in total. The van der Waals surface area contributed by atoms with Crippen molar-refractivity contribution < 1.29 is 4.52 Å². The number of aliphatic imine (C=N–C) groups is 1. The number of rotatable bonds is 5. The zero-order valence-corrected chi connectivity index (χ0v) is 11.7. The second-order valence-electron chi connectivity index (χ2n) is 3.53. The Kier molecular flexibility index (Phi) is 5.76. The molecule has 0 spiro atoms. The van der Waals surface area contributed by atoms with Crippen molar-refractivity contribution in [3.8, 4) is 0 Å². The van der Waals surface area contributed by atoms with Crippen molar-refractivity contribution in [2.75, 3.05) is 20.1 Å². The molecule has 1 heterocycles. The van der Waals surface area contributed by atoms with E-state index in [2.05, 4.69) is 38.0 Å². The Hall–Kier alpha value is -1.30. The summed E-state index contributed by atoms with van der Waals surface area (Å²) in [5.41, 5.74) is 0.871. The molecule has 0 atom stereocenters. The lowest BCUT2D eigenvalue weighted by molar-refractivity contribution is 0.391. The summed E-state index contributed by atoms with van der Waals surface area (Å²) in [5, 5.41) is 7.07. The molecule has 0 radical (unpaired) electrons. The third kappa shape index (κ3) is 5.04. The molecule has 1 aromatic rings. The first kappa shape index (κ1) is 13.8. The molecule has 0 aliphatic rings. The van der Waals surface area contributed by atoms with E-state index < -0.39 is 0 Å². The normalized spacial score (nSPS) is 11.4. The summed E-state index contributed by atoms with van der Waals surface area (Å²) in [7, 11) is 1.95. The lowest BCUT2D eigenvalue weighted by Crippen LogP contribution is -2.38. The predicted molar refractivity (Wildman–Crippen MR) is 72.0 cm³/mol. The van der Waals surface area contributed by atoms with Crippen LogP contribution in [0.15, 0.2) is 32.9 Å². The highest BCUT2D eigenvalue weighted by molar-refractivity contribution is 9.11. The second-order valence-corrected chi connectivity index (χ2v) is 4.66. The van der Waals surface area contributed by atoms with Gasteiger partial charge in [-0.05, 0) is 6.92 Å². The van der Waals surface area contributed by atoms with Crippen LogP contribution in [-0.4, -0.2) is 36.2 Å². The van der Waals surface area contributed by atoms with Crippen LogP contribution in [0.25, 0.3) is 0 Å². The Labute approximate surface area is 110 Å². The van der Waals surface area contributed by atoms with E-state index in [0.717, 1.165) is 22.7 Å². The third-order valence-corrected chi connectivity index (χ3v) is 2.24. The van der Waals surface area contributed by atoms with Gasteiger partial charge >= 0.3 is 0 Å². The van der Waals surface area contributed by atoms with Gasteiger partial charge in [0.15, 0.2) is 5.96 Å². The fraction of sp³-hybridized carbons (Fsp3) is 0.455. The molecule has 1 aromatic heterocycles. The van der Waals surface area contributed by atoms with Crippen molar-refractivity contribution in [2.24, 2.45) is 4.99 Å². The summed E-state index contributed by atoms with van der Waals surface area (Å²) in [6, 6.07) is 1.84. The molecule has 0 aliphatic heterocycles. The van der Waals surface area contributed by atoms with E-state index in [0.29, 0.717) is 13.1 Å². The van der Waals surface area contributed by atoms with Gasteiger partial charge in [0.1, 0.15) is 12.0 Å². The molecule has 5 nitrogen and oxygen atoms in total. The maximum Gasteiger partial charge on any atom is 0.194 e. The predicted octanol–water partition coefficient (Wildman–Crippen LogP) is 1.98. The van der Waals surface area contributed by atoms with Gasteiger partial charge in [-0.1, -0.05) is 27.7 Å². The number of nitrogens with zero attached hydrogens (tertiary/aromatic N) is 3. The molecular weight excluding hydrogens is 284 g/mol. The molecule has 0 bridgehead atoms. The fourth-order valence-corrected chi connectivity index (χ4v) is 1.39. The van der Waals surface area contributed by atoms with Crippen LogP contribution < -0.4 is 5.32 Å². The SMILES string of the molecule is C=C(Br)CN=C(NCC)N(C)Cc1ccon1. The molecule has 0 aromatic carbocycles. The Morgan fingerprint density at radius 2 is 2.47 bits per heavy atom. The summed E-state index contributed by atoms with van der Waals surface area (Å²) in [6.45, 7) is 7.80. The summed E-state index contributed by atoms with van der Waals surface area (Å²) < 4.78 is 5.64. The topological polar surface area (TPSA) is 53.7 Å². The van der Waals surface area contributed by atoms with E-state index >= 15 is 0 Å². The van der Waals surface area contributed by atoms with Crippen LogP contribution in [0.2, 0.25) is 0 Å². The number of aromatic nitrogens is 1. The summed E-state index contributed by atoms with van der Waals surface area (Å²) in [6.07, 6.45) is 1.56. The minimum atomic E-state index is 0.547. The highest BCUT2D eigenvalue weighted by atomic mass is 79.9. The zero-order chi connectivity index (χ0) is 12.7. The minimum Gasteiger partial charge on any atom is -0.364 e. The van der Waals surface area contributed by atoms with Crippen molar-refractivity contribution in [3.63, 3.8) is 0 Å². The Morgan fingerprint density at radius 3 is 3.00 bits per heavy atom. The maximum absolute atomic E-state index is 4.79. The molecule has 0 fully saturated rings. The van der Waals surface area contributed by atoms with Gasteiger partial charge in [-0.2, -0.15) is 0 Å². The minimum absolute atomic E-state index is 0.547. The number of nitrogens with one attached hydrogen (secondary N) is 1. The lowest BCUT2D eigenvalue weighted by atomic mass is 10.4. The Balaban J connectivity index is 2.62. The van der Waals surface area contributed by atoms with E-state index in [4.69, 9.17) is 4.52 Å². The van der Waals surface area contributed by atoms with Crippen LogP contribution in [0, 0.1) is 0 Å². The van der Waals surface area contributed by atoms with Gasteiger partial charge in [0, 0.05) is 24.1 Å². The number of hydrogen-bond acceptors (Lipinski definition) is 3. The maximum atomic E-state index is 4.79. The molecule has 0 unspecified atom stereocenters. The highest BCUT2D eigenvalue weighted by Gasteiger charge is 2.07. The van der Waals surface area contributed by atoms with Crippen molar-refractivity contribution in [1.82, 2.24) is 15.4 Å². The van der Waals surface area contributed by atoms with E-state index in [1.807, 2.05) is 24.9 Å². The van der Waals surface area contributed by atoms with Crippen LogP contribution in [0.3, 0.4) is 0 Å². The molecule has 6 heteroatoms. The van der Waals surface area contributed by atoms with Crippen molar-refractivity contribution >= 4 is 21.9 Å². The molecule has 0 aliphatic carbocycles. The largest absolute Gasteiger partial charge is 0.364 e. The van der Waals surface area contributed by atoms with Crippen molar-refractivity contribution in [1.29, 1.82) is 0 Å². The molecule has 0 saturated heterocycles. The monoisotopic (exact) mass is 300 g/mol. The van der Waals surface area contributed by atoms with Crippen LogP contribution in [0.5, 0.6) is 0 Å². The fourth-order valence-electron chi connectivity index (χ4n) is 1.27. The molecule has 0 amide bonds. The third-order valence-electron chi connectivity index (χ3n) is 1.99. The Morgan fingerprint density at radius 1 is 1.71 bits per heavy atom.